The first-order chi connectivity index (χ1) is 18.2. The highest BCUT2D eigenvalue weighted by Crippen LogP contribution is 2.13. The van der Waals surface area contributed by atoms with Crippen molar-refractivity contribution in [1.82, 2.24) is 21.3 Å². The molecular weight excluding hydrogens is 494 g/mol. The molecule has 0 saturated carbocycles. The molecule has 2 aromatic carbocycles. The Bertz CT molecular complexity index is 1260. The Morgan fingerprint density at radius 3 is 1.95 bits per heavy atom. The van der Waals surface area contributed by atoms with Gasteiger partial charge in [0.25, 0.3) is 11.8 Å². The maximum Gasteiger partial charge on any atom is 0.491 e. The normalized spacial score (nSPS) is 15.3. The van der Waals surface area contributed by atoms with Crippen LogP contribution in [0, 0.1) is 0 Å². The highest BCUT2D eigenvalue weighted by Gasteiger charge is 2.32. The molecule has 0 saturated heterocycles. The van der Waals surface area contributed by atoms with E-state index in [2.05, 4.69) is 21.3 Å². The van der Waals surface area contributed by atoms with Crippen LogP contribution in [0.3, 0.4) is 0 Å². The zero-order valence-electron chi connectivity index (χ0n) is 20.9. The predicted molar refractivity (Wildman–Crippen MR) is 138 cm³/mol. The van der Waals surface area contributed by atoms with Crippen LogP contribution in [-0.2, 0) is 32.1 Å². The number of rotatable bonds is 9. The van der Waals surface area contributed by atoms with Crippen molar-refractivity contribution in [3.63, 3.8) is 0 Å². The summed E-state index contributed by atoms with van der Waals surface area (Å²) in [5.41, 5.74) is 2.93. The van der Waals surface area contributed by atoms with Gasteiger partial charge in [-0.3, -0.25) is 19.2 Å². The number of benzene rings is 2. The van der Waals surface area contributed by atoms with Crippen LogP contribution in [0.1, 0.15) is 45.2 Å². The standard InChI is InChI=1S/C24H28B2N4O8/c1-13(29-22(32)14-3-5-16-11-37-25(35)18(16)9-14)21(24(34)28-8-7-20(31)27-2)30-23(33)15-4-6-17-12-38-26(36)19(17)10-15/h3-6,9-10,13,21,35-36H,7-8,11-12H2,1-2H3,(H,27,31)(H,28,34)(H,29,32)(H,30,33)/t13-,21-/m0/s1. The number of carbonyl (C=O) groups excluding carboxylic acids is 4. The minimum atomic E-state index is -1.20. The Morgan fingerprint density at radius 1 is 0.895 bits per heavy atom. The van der Waals surface area contributed by atoms with Crippen LogP contribution in [0.25, 0.3) is 0 Å². The SMILES string of the molecule is CNC(=O)CCNC(=O)[C@@H](NC(=O)c1ccc2c(c1)B(O)OC2)[C@H](C)NC(=O)c1ccc2c(c1)B(O)OC2. The van der Waals surface area contributed by atoms with Gasteiger partial charge < -0.3 is 40.6 Å². The topological polar surface area (TPSA) is 175 Å². The number of hydrogen-bond acceptors (Lipinski definition) is 8. The Labute approximate surface area is 219 Å². The fraction of sp³-hybridized carbons (Fsp3) is 0.333. The van der Waals surface area contributed by atoms with Crippen molar-refractivity contribution >= 4 is 48.8 Å². The maximum absolute atomic E-state index is 13.1. The van der Waals surface area contributed by atoms with Gasteiger partial charge in [0.05, 0.1) is 19.3 Å². The molecule has 2 aromatic rings. The van der Waals surface area contributed by atoms with Crippen molar-refractivity contribution < 1.29 is 38.5 Å². The van der Waals surface area contributed by atoms with Crippen molar-refractivity contribution in [3.05, 3.63) is 58.7 Å². The summed E-state index contributed by atoms with van der Waals surface area (Å²) in [6.07, 6.45) is 0.0336. The average Bonchev–Trinajstić information content (AvgIpc) is 3.48. The summed E-state index contributed by atoms with van der Waals surface area (Å²) in [5.74, 6) is -1.99. The lowest BCUT2D eigenvalue weighted by Gasteiger charge is -2.25. The number of amides is 4. The highest BCUT2D eigenvalue weighted by molar-refractivity contribution is 6.62. The molecule has 2 heterocycles. The van der Waals surface area contributed by atoms with E-state index >= 15 is 0 Å². The second kappa shape index (κ2) is 11.8. The maximum atomic E-state index is 13.1. The average molecular weight is 522 g/mol. The van der Waals surface area contributed by atoms with Gasteiger partial charge in [-0.2, -0.15) is 0 Å². The Kier molecular flexibility index (Phi) is 8.47. The minimum absolute atomic E-state index is 0.0244. The second-order valence-corrected chi connectivity index (χ2v) is 9.08. The van der Waals surface area contributed by atoms with Crippen molar-refractivity contribution in [2.24, 2.45) is 0 Å². The van der Waals surface area contributed by atoms with Crippen LogP contribution in [0.15, 0.2) is 36.4 Å². The van der Waals surface area contributed by atoms with Crippen LogP contribution in [0.2, 0.25) is 0 Å². The molecule has 2 aliphatic heterocycles. The third kappa shape index (κ3) is 6.05. The summed E-state index contributed by atoms with van der Waals surface area (Å²) < 4.78 is 10.3. The summed E-state index contributed by atoms with van der Waals surface area (Å²) >= 11 is 0. The van der Waals surface area contributed by atoms with Crippen LogP contribution in [-0.4, -0.2) is 73.6 Å². The van der Waals surface area contributed by atoms with Gasteiger partial charge in [-0.15, -0.1) is 0 Å². The molecule has 14 heteroatoms. The lowest BCUT2D eigenvalue weighted by molar-refractivity contribution is -0.124. The molecule has 0 fully saturated rings. The van der Waals surface area contributed by atoms with Gasteiger partial charge in [-0.05, 0) is 53.2 Å². The van der Waals surface area contributed by atoms with E-state index in [9.17, 15) is 29.2 Å². The molecule has 4 rings (SSSR count). The molecule has 4 amide bonds. The zero-order chi connectivity index (χ0) is 27.4. The van der Waals surface area contributed by atoms with Gasteiger partial charge in [0.15, 0.2) is 0 Å². The highest BCUT2D eigenvalue weighted by atomic mass is 16.5. The molecule has 38 heavy (non-hydrogen) atoms. The molecule has 0 bridgehead atoms. The molecule has 2 aliphatic rings. The second-order valence-electron chi connectivity index (χ2n) is 9.08. The van der Waals surface area contributed by atoms with Gasteiger partial charge in [-0.1, -0.05) is 12.1 Å². The largest absolute Gasteiger partial charge is 0.491 e. The first kappa shape index (κ1) is 27.3. The molecule has 12 nitrogen and oxygen atoms in total. The van der Waals surface area contributed by atoms with Crippen molar-refractivity contribution in [1.29, 1.82) is 0 Å². The van der Waals surface area contributed by atoms with Crippen LogP contribution >= 0.6 is 0 Å². The van der Waals surface area contributed by atoms with Crippen molar-refractivity contribution in [3.8, 4) is 0 Å². The lowest BCUT2D eigenvalue weighted by Crippen LogP contribution is -2.57. The van der Waals surface area contributed by atoms with E-state index in [1.54, 1.807) is 31.2 Å². The minimum Gasteiger partial charge on any atom is -0.423 e. The van der Waals surface area contributed by atoms with Gasteiger partial charge in [0.2, 0.25) is 11.8 Å². The van der Waals surface area contributed by atoms with Crippen molar-refractivity contribution in [2.75, 3.05) is 13.6 Å². The molecule has 198 valence electrons. The van der Waals surface area contributed by atoms with Crippen LogP contribution in [0.5, 0.6) is 0 Å². The quantitative estimate of drug-likeness (QED) is 0.193. The monoisotopic (exact) mass is 522 g/mol. The van der Waals surface area contributed by atoms with Gasteiger partial charge in [-0.25, -0.2) is 0 Å². The fourth-order valence-corrected chi connectivity index (χ4v) is 4.26. The molecule has 0 unspecified atom stereocenters. The molecular formula is C24H28B2N4O8. The van der Waals surface area contributed by atoms with Gasteiger partial charge >= 0.3 is 14.2 Å². The first-order valence-corrected chi connectivity index (χ1v) is 12.1. The Hall–Kier alpha value is -3.71. The molecule has 6 N–H and O–H groups in total. The smallest absolute Gasteiger partial charge is 0.423 e. The summed E-state index contributed by atoms with van der Waals surface area (Å²) in [7, 11) is -0.784. The third-order valence-electron chi connectivity index (χ3n) is 6.50. The zero-order valence-corrected chi connectivity index (χ0v) is 20.9. The number of nitrogens with one attached hydrogen (secondary N) is 4. The van der Waals surface area contributed by atoms with Crippen LogP contribution < -0.4 is 32.2 Å². The predicted octanol–water partition coefficient (Wildman–Crippen LogP) is -2.71. The van der Waals surface area contributed by atoms with E-state index in [0.29, 0.717) is 10.9 Å². The van der Waals surface area contributed by atoms with E-state index in [1.807, 2.05) is 0 Å². The van der Waals surface area contributed by atoms with E-state index in [0.717, 1.165) is 11.1 Å². The van der Waals surface area contributed by atoms with Gasteiger partial charge in [0, 0.05) is 31.1 Å². The number of carbonyl (C=O) groups is 4. The van der Waals surface area contributed by atoms with E-state index < -0.39 is 44.0 Å². The summed E-state index contributed by atoms with van der Waals surface area (Å²) in [6, 6.07) is 7.42. The summed E-state index contributed by atoms with van der Waals surface area (Å²) in [5, 5.41) is 30.4. The fourth-order valence-electron chi connectivity index (χ4n) is 4.26. The van der Waals surface area contributed by atoms with Crippen LogP contribution in [0.4, 0.5) is 0 Å². The first-order valence-electron chi connectivity index (χ1n) is 12.1. The molecule has 0 aliphatic carbocycles. The van der Waals surface area contributed by atoms with E-state index in [4.69, 9.17) is 9.31 Å². The van der Waals surface area contributed by atoms with E-state index in [1.165, 1.54) is 19.2 Å². The molecule has 0 spiro atoms. The Balaban J connectivity index is 1.49. The number of hydrogen-bond donors (Lipinski definition) is 6. The Morgan fingerprint density at radius 2 is 1.42 bits per heavy atom. The lowest BCUT2D eigenvalue weighted by atomic mass is 9.78. The number of fused-ring (bicyclic) bond motifs is 2. The van der Waals surface area contributed by atoms with Crippen molar-refractivity contribution in [2.45, 2.75) is 38.6 Å². The molecule has 0 aromatic heterocycles. The van der Waals surface area contributed by atoms with E-state index in [-0.39, 0.29) is 43.2 Å². The molecule has 0 radical (unpaired) electrons. The van der Waals surface area contributed by atoms with Gasteiger partial charge in [0.1, 0.15) is 6.04 Å². The molecule has 2 atom stereocenters. The third-order valence-corrected chi connectivity index (χ3v) is 6.50. The summed E-state index contributed by atoms with van der Waals surface area (Å²) in [6.45, 7) is 2.05. The summed E-state index contributed by atoms with van der Waals surface area (Å²) in [4.78, 5) is 50.7.